The summed E-state index contributed by atoms with van der Waals surface area (Å²) in [6, 6.07) is 6.61. The number of nitrogens with zero attached hydrogens (tertiary/aromatic N) is 4. The average Bonchev–Trinajstić information content (AvgIpc) is 3.27. The minimum Gasteiger partial charge on any atom is -0.490 e. The number of thiazole rings is 1. The topological polar surface area (TPSA) is 72.3 Å². The van der Waals surface area contributed by atoms with Crippen molar-refractivity contribution >= 4 is 28.1 Å². The summed E-state index contributed by atoms with van der Waals surface area (Å²) >= 11 is 1.46. The van der Waals surface area contributed by atoms with Gasteiger partial charge in [-0.3, -0.25) is 9.48 Å². The molecule has 0 saturated carbocycles. The number of nitrogens with one attached hydrogen (secondary N) is 1. The van der Waals surface area contributed by atoms with Crippen molar-refractivity contribution in [2.24, 2.45) is 0 Å². The van der Waals surface area contributed by atoms with Gasteiger partial charge in [-0.2, -0.15) is 5.10 Å². The molecular weight excluding hydrogens is 422 g/mol. The fraction of sp³-hybridized carbons (Fsp3) is 0.458. The molecule has 2 aliphatic heterocycles. The van der Waals surface area contributed by atoms with Gasteiger partial charge in [0.05, 0.1) is 23.6 Å². The van der Waals surface area contributed by atoms with Crippen LogP contribution >= 0.6 is 11.3 Å². The van der Waals surface area contributed by atoms with E-state index in [0.717, 1.165) is 51.2 Å². The van der Waals surface area contributed by atoms with Crippen LogP contribution in [0.5, 0.6) is 5.75 Å². The minimum absolute atomic E-state index is 0.0328. The van der Waals surface area contributed by atoms with Gasteiger partial charge in [0.2, 0.25) is 0 Å². The van der Waals surface area contributed by atoms with Gasteiger partial charge in [0.25, 0.3) is 5.91 Å². The predicted molar refractivity (Wildman–Crippen MR) is 127 cm³/mol. The molecule has 5 rings (SSSR count). The van der Waals surface area contributed by atoms with Gasteiger partial charge in [-0.25, -0.2) is 4.98 Å². The summed E-state index contributed by atoms with van der Waals surface area (Å²) in [5, 5.41) is 8.68. The van der Waals surface area contributed by atoms with Crippen LogP contribution in [0.15, 0.2) is 18.2 Å². The summed E-state index contributed by atoms with van der Waals surface area (Å²) in [5.74, 6) is 0.805. The first-order valence-corrected chi connectivity index (χ1v) is 11.9. The van der Waals surface area contributed by atoms with Gasteiger partial charge in [0.1, 0.15) is 17.2 Å². The van der Waals surface area contributed by atoms with Crippen LogP contribution in [0.4, 0.5) is 10.8 Å². The maximum atomic E-state index is 12.6. The van der Waals surface area contributed by atoms with E-state index in [1.165, 1.54) is 11.3 Å². The van der Waals surface area contributed by atoms with Gasteiger partial charge in [0.15, 0.2) is 5.13 Å². The second-order valence-electron chi connectivity index (χ2n) is 9.55. The molecule has 3 aromatic rings. The highest BCUT2D eigenvalue weighted by atomic mass is 32.1. The zero-order chi connectivity index (χ0) is 22.8. The van der Waals surface area contributed by atoms with Gasteiger partial charge < -0.3 is 15.0 Å². The van der Waals surface area contributed by atoms with Gasteiger partial charge in [-0.15, -0.1) is 0 Å². The molecule has 1 amide bonds. The van der Waals surface area contributed by atoms with E-state index in [4.69, 9.17) is 14.8 Å². The van der Waals surface area contributed by atoms with Crippen molar-refractivity contribution in [2.45, 2.75) is 59.5 Å². The Labute approximate surface area is 192 Å². The van der Waals surface area contributed by atoms with Crippen LogP contribution in [0.25, 0.3) is 11.1 Å². The van der Waals surface area contributed by atoms with E-state index in [9.17, 15) is 4.79 Å². The van der Waals surface area contributed by atoms with E-state index in [1.807, 2.05) is 19.9 Å². The highest BCUT2D eigenvalue weighted by molar-refractivity contribution is 7.17. The molecular formula is C24H29N5O2S. The monoisotopic (exact) mass is 451 g/mol. The smallest absolute Gasteiger partial charge is 0.263 e. The van der Waals surface area contributed by atoms with Crippen LogP contribution in [-0.4, -0.2) is 39.4 Å². The van der Waals surface area contributed by atoms with E-state index in [1.54, 1.807) is 0 Å². The molecule has 1 N–H and O–H groups in total. The molecule has 1 aromatic carbocycles. The van der Waals surface area contributed by atoms with Crippen LogP contribution in [0.2, 0.25) is 0 Å². The summed E-state index contributed by atoms with van der Waals surface area (Å²) in [4.78, 5) is 20.4. The molecule has 0 saturated heterocycles. The molecule has 8 heteroatoms. The van der Waals surface area contributed by atoms with Crippen molar-refractivity contribution in [3.8, 4) is 16.9 Å². The molecule has 0 radical (unpaired) electrons. The van der Waals surface area contributed by atoms with Gasteiger partial charge in [-0.05, 0) is 59.2 Å². The summed E-state index contributed by atoms with van der Waals surface area (Å²) in [6.07, 6.45) is 0.731. The van der Waals surface area contributed by atoms with E-state index < -0.39 is 0 Å². The van der Waals surface area contributed by atoms with Crippen LogP contribution in [0, 0.1) is 13.8 Å². The number of anilines is 2. The number of hydrogen-bond donors (Lipinski definition) is 1. The minimum atomic E-state index is -0.281. The Balaban J connectivity index is 1.58. The second-order valence-corrected chi connectivity index (χ2v) is 10.5. The number of carbonyl (C=O) groups is 1. The van der Waals surface area contributed by atoms with Gasteiger partial charge >= 0.3 is 0 Å². The van der Waals surface area contributed by atoms with Crippen molar-refractivity contribution in [3.05, 3.63) is 40.2 Å². The number of amides is 1. The SMILES string of the molecule is Cc1nn(C(C)C)c(C)c1-c1ccc2c(c1)N(c1nc3c(s1)C(=O)NC(C)(C)C3)CCO2. The lowest BCUT2D eigenvalue weighted by Gasteiger charge is -2.30. The first kappa shape index (κ1) is 21.0. The Morgan fingerprint density at radius 2 is 2.03 bits per heavy atom. The highest BCUT2D eigenvalue weighted by Gasteiger charge is 2.35. The number of carbonyl (C=O) groups excluding carboxylic acids is 1. The Morgan fingerprint density at radius 3 is 2.75 bits per heavy atom. The van der Waals surface area contributed by atoms with Crippen molar-refractivity contribution in [3.63, 3.8) is 0 Å². The third-order valence-corrected chi connectivity index (χ3v) is 7.23. The first-order valence-electron chi connectivity index (χ1n) is 11.1. The number of rotatable bonds is 3. The Hall–Kier alpha value is -2.87. The fourth-order valence-electron chi connectivity index (χ4n) is 4.73. The van der Waals surface area contributed by atoms with Crippen LogP contribution in [0.1, 0.15) is 60.5 Å². The van der Waals surface area contributed by atoms with Crippen LogP contribution in [-0.2, 0) is 6.42 Å². The predicted octanol–water partition coefficient (Wildman–Crippen LogP) is 4.80. The molecule has 4 heterocycles. The number of aryl methyl sites for hydroxylation is 1. The summed E-state index contributed by atoms with van der Waals surface area (Å²) in [6.45, 7) is 13.8. The molecule has 7 nitrogen and oxygen atoms in total. The highest BCUT2D eigenvalue weighted by Crippen LogP contribution is 2.43. The van der Waals surface area contributed by atoms with E-state index in [2.05, 4.69) is 54.7 Å². The Bertz CT molecular complexity index is 1220. The van der Waals surface area contributed by atoms with E-state index in [-0.39, 0.29) is 11.4 Å². The Morgan fingerprint density at radius 1 is 1.25 bits per heavy atom. The normalized spacial score (nSPS) is 17.1. The lowest BCUT2D eigenvalue weighted by Crippen LogP contribution is -2.48. The third kappa shape index (κ3) is 3.37. The molecule has 2 aromatic heterocycles. The number of fused-ring (bicyclic) bond motifs is 2. The van der Waals surface area contributed by atoms with E-state index in [0.29, 0.717) is 24.1 Å². The molecule has 0 spiro atoms. The number of ether oxygens (including phenoxy) is 1. The lowest BCUT2D eigenvalue weighted by molar-refractivity contribution is 0.0901. The van der Waals surface area contributed by atoms with Gasteiger partial charge in [-0.1, -0.05) is 17.4 Å². The van der Waals surface area contributed by atoms with Crippen molar-refractivity contribution in [2.75, 3.05) is 18.1 Å². The number of hydrogen-bond acceptors (Lipinski definition) is 6. The quantitative estimate of drug-likeness (QED) is 0.619. The van der Waals surface area contributed by atoms with Gasteiger partial charge in [0, 0.05) is 29.3 Å². The van der Waals surface area contributed by atoms with Crippen molar-refractivity contribution in [1.82, 2.24) is 20.1 Å². The van der Waals surface area contributed by atoms with E-state index >= 15 is 0 Å². The third-order valence-electron chi connectivity index (χ3n) is 6.11. The number of aromatic nitrogens is 3. The zero-order valence-corrected chi connectivity index (χ0v) is 20.3. The van der Waals surface area contributed by atoms with Crippen LogP contribution in [0.3, 0.4) is 0 Å². The van der Waals surface area contributed by atoms with Crippen molar-refractivity contribution < 1.29 is 9.53 Å². The first-order chi connectivity index (χ1) is 15.1. The molecule has 0 unspecified atom stereocenters. The zero-order valence-electron chi connectivity index (χ0n) is 19.4. The maximum Gasteiger partial charge on any atom is 0.263 e. The molecule has 2 aliphatic rings. The van der Waals surface area contributed by atoms with Crippen molar-refractivity contribution in [1.29, 1.82) is 0 Å². The maximum absolute atomic E-state index is 12.6. The molecule has 168 valence electrons. The van der Waals surface area contributed by atoms with Crippen LogP contribution < -0.4 is 15.0 Å². The number of benzene rings is 1. The largest absolute Gasteiger partial charge is 0.490 e. The molecule has 0 aliphatic carbocycles. The summed E-state index contributed by atoms with van der Waals surface area (Å²) < 4.78 is 8.04. The fourth-order valence-corrected chi connectivity index (χ4v) is 5.75. The molecule has 0 atom stereocenters. The summed E-state index contributed by atoms with van der Waals surface area (Å²) in [7, 11) is 0. The Kier molecular flexibility index (Phi) is 4.81. The average molecular weight is 452 g/mol. The molecule has 32 heavy (non-hydrogen) atoms. The standard InChI is InChI=1S/C24H29N5O2S/c1-13(2)29-15(4)20(14(3)27-29)16-7-8-19-18(11-16)28(9-10-31-19)23-25-17-12-24(5,6)26-22(30)21(17)32-23/h7-8,11,13H,9-10,12H2,1-6H3,(H,26,30). The lowest BCUT2D eigenvalue weighted by atomic mass is 9.94. The molecule has 0 bridgehead atoms. The molecule has 0 fully saturated rings. The summed E-state index contributed by atoms with van der Waals surface area (Å²) in [5.41, 5.74) is 6.03. The second kappa shape index (κ2) is 7.33.